The van der Waals surface area contributed by atoms with E-state index in [1.54, 1.807) is 11.3 Å². The SMILES string of the molecule is CC(O)(CNCc1cnc(C2CC2)s1)c1ccccc1. The zero-order chi connectivity index (χ0) is 14.0. The maximum Gasteiger partial charge on any atom is 0.0992 e. The Kier molecular flexibility index (Phi) is 3.87. The van der Waals surface area contributed by atoms with Crippen LogP contribution in [-0.2, 0) is 12.1 Å². The van der Waals surface area contributed by atoms with E-state index < -0.39 is 5.60 Å². The Labute approximate surface area is 123 Å². The molecular weight excluding hydrogens is 268 g/mol. The standard InChI is InChI=1S/C16H20N2OS/c1-16(19,13-5-3-2-4-6-13)11-17-9-14-10-18-15(20-14)12-7-8-12/h2-6,10,12,17,19H,7-9,11H2,1H3. The molecule has 2 aromatic rings. The van der Waals surface area contributed by atoms with Crippen molar-refractivity contribution >= 4 is 11.3 Å². The van der Waals surface area contributed by atoms with Gasteiger partial charge >= 0.3 is 0 Å². The summed E-state index contributed by atoms with van der Waals surface area (Å²) in [7, 11) is 0. The van der Waals surface area contributed by atoms with Crippen LogP contribution in [0.25, 0.3) is 0 Å². The molecule has 0 radical (unpaired) electrons. The molecular formula is C16H20N2OS. The molecule has 0 amide bonds. The summed E-state index contributed by atoms with van der Waals surface area (Å²) in [6.07, 6.45) is 4.55. The van der Waals surface area contributed by atoms with Gasteiger partial charge in [0.2, 0.25) is 0 Å². The third-order valence-electron chi connectivity index (χ3n) is 3.66. The van der Waals surface area contributed by atoms with Gasteiger partial charge in [-0.2, -0.15) is 0 Å². The Balaban J connectivity index is 1.53. The lowest BCUT2D eigenvalue weighted by Crippen LogP contribution is -2.34. The Morgan fingerprint density at radius 3 is 2.80 bits per heavy atom. The van der Waals surface area contributed by atoms with Gasteiger partial charge in [-0.05, 0) is 25.3 Å². The quantitative estimate of drug-likeness (QED) is 0.859. The molecule has 2 N–H and O–H groups in total. The monoisotopic (exact) mass is 288 g/mol. The minimum absolute atomic E-state index is 0.535. The van der Waals surface area contributed by atoms with Crippen molar-refractivity contribution in [3.8, 4) is 0 Å². The molecule has 4 heteroatoms. The molecule has 3 nitrogen and oxygen atoms in total. The van der Waals surface area contributed by atoms with Crippen LogP contribution in [0.4, 0.5) is 0 Å². The average molecular weight is 288 g/mol. The first kappa shape index (κ1) is 13.7. The number of hydrogen-bond acceptors (Lipinski definition) is 4. The number of nitrogens with zero attached hydrogens (tertiary/aromatic N) is 1. The lowest BCUT2D eigenvalue weighted by atomic mass is 9.96. The fraction of sp³-hybridized carbons (Fsp3) is 0.438. The molecule has 1 unspecified atom stereocenters. The predicted molar refractivity (Wildman–Crippen MR) is 81.8 cm³/mol. The largest absolute Gasteiger partial charge is 0.384 e. The van der Waals surface area contributed by atoms with E-state index in [2.05, 4.69) is 10.3 Å². The third kappa shape index (κ3) is 3.26. The van der Waals surface area contributed by atoms with Gasteiger partial charge in [0, 0.05) is 30.1 Å². The van der Waals surface area contributed by atoms with Crippen molar-refractivity contribution in [1.82, 2.24) is 10.3 Å². The summed E-state index contributed by atoms with van der Waals surface area (Å²) < 4.78 is 0. The molecule has 0 bridgehead atoms. The highest BCUT2D eigenvalue weighted by Gasteiger charge is 2.26. The molecule has 0 aliphatic heterocycles. The van der Waals surface area contributed by atoms with Crippen LogP contribution in [-0.4, -0.2) is 16.6 Å². The summed E-state index contributed by atoms with van der Waals surface area (Å²) in [5.74, 6) is 0.723. The van der Waals surface area contributed by atoms with Crippen molar-refractivity contribution in [2.24, 2.45) is 0 Å². The number of aliphatic hydroxyl groups is 1. The fourth-order valence-electron chi connectivity index (χ4n) is 2.25. The van der Waals surface area contributed by atoms with E-state index in [4.69, 9.17) is 0 Å². The number of nitrogens with one attached hydrogen (secondary N) is 1. The summed E-state index contributed by atoms with van der Waals surface area (Å²) >= 11 is 1.79. The first-order valence-corrected chi connectivity index (χ1v) is 7.90. The number of thiazole rings is 1. The molecule has 20 heavy (non-hydrogen) atoms. The maximum atomic E-state index is 10.5. The second-order valence-corrected chi connectivity index (χ2v) is 6.83. The van der Waals surface area contributed by atoms with Gasteiger partial charge in [-0.3, -0.25) is 0 Å². The van der Waals surface area contributed by atoms with E-state index in [9.17, 15) is 5.11 Å². The van der Waals surface area contributed by atoms with Gasteiger partial charge in [-0.1, -0.05) is 30.3 Å². The normalized spacial score (nSPS) is 17.9. The molecule has 1 atom stereocenters. The summed E-state index contributed by atoms with van der Waals surface area (Å²) in [5.41, 5.74) is 0.0983. The van der Waals surface area contributed by atoms with Gasteiger partial charge in [0.25, 0.3) is 0 Å². The van der Waals surface area contributed by atoms with Gasteiger partial charge in [0.1, 0.15) is 0 Å². The van der Waals surface area contributed by atoms with Gasteiger partial charge in [-0.15, -0.1) is 11.3 Å². The Morgan fingerprint density at radius 1 is 1.35 bits per heavy atom. The smallest absolute Gasteiger partial charge is 0.0992 e. The topological polar surface area (TPSA) is 45.1 Å². The summed E-state index contributed by atoms with van der Waals surface area (Å²) in [6, 6.07) is 9.78. The van der Waals surface area contributed by atoms with Crippen LogP contribution in [0.1, 0.15) is 41.1 Å². The van der Waals surface area contributed by atoms with Crippen LogP contribution in [0.2, 0.25) is 0 Å². The van der Waals surface area contributed by atoms with Gasteiger partial charge < -0.3 is 10.4 Å². The first-order valence-electron chi connectivity index (χ1n) is 7.08. The van der Waals surface area contributed by atoms with Gasteiger partial charge in [0.15, 0.2) is 0 Å². The molecule has 1 heterocycles. The molecule has 1 aromatic carbocycles. The van der Waals surface area contributed by atoms with Gasteiger partial charge in [-0.25, -0.2) is 4.98 Å². The predicted octanol–water partition coefficient (Wildman–Crippen LogP) is 3.02. The summed E-state index contributed by atoms with van der Waals surface area (Å²) in [4.78, 5) is 5.71. The summed E-state index contributed by atoms with van der Waals surface area (Å²) in [5, 5.41) is 15.1. The van der Waals surface area contributed by atoms with E-state index in [1.807, 2.05) is 43.5 Å². The van der Waals surface area contributed by atoms with Crippen LogP contribution in [0, 0.1) is 0 Å². The molecule has 1 saturated carbocycles. The van der Waals surface area contributed by atoms with Crippen LogP contribution >= 0.6 is 11.3 Å². The molecule has 1 aliphatic rings. The maximum absolute atomic E-state index is 10.5. The minimum atomic E-state index is -0.842. The zero-order valence-corrected chi connectivity index (χ0v) is 12.5. The second kappa shape index (κ2) is 5.64. The highest BCUT2D eigenvalue weighted by molar-refractivity contribution is 7.11. The van der Waals surface area contributed by atoms with E-state index in [-0.39, 0.29) is 0 Å². The second-order valence-electron chi connectivity index (χ2n) is 5.68. The Hall–Kier alpha value is -1.23. The molecule has 0 spiro atoms. The van der Waals surface area contributed by atoms with Crippen molar-refractivity contribution < 1.29 is 5.11 Å². The van der Waals surface area contributed by atoms with Crippen LogP contribution in [0.3, 0.4) is 0 Å². The van der Waals surface area contributed by atoms with Gasteiger partial charge in [0.05, 0.1) is 10.6 Å². The van der Waals surface area contributed by atoms with E-state index >= 15 is 0 Å². The number of aromatic nitrogens is 1. The van der Waals surface area contributed by atoms with Crippen molar-refractivity contribution in [1.29, 1.82) is 0 Å². The lowest BCUT2D eigenvalue weighted by Gasteiger charge is -2.24. The zero-order valence-electron chi connectivity index (χ0n) is 11.7. The lowest BCUT2D eigenvalue weighted by molar-refractivity contribution is 0.0567. The molecule has 1 aliphatic carbocycles. The van der Waals surface area contributed by atoms with Crippen LogP contribution < -0.4 is 5.32 Å². The Bertz CT molecular complexity index is 561. The highest BCUT2D eigenvalue weighted by Crippen LogP contribution is 2.41. The van der Waals surface area contributed by atoms with Crippen molar-refractivity contribution in [3.63, 3.8) is 0 Å². The molecule has 3 rings (SSSR count). The number of rotatable bonds is 6. The van der Waals surface area contributed by atoms with Crippen molar-refractivity contribution in [3.05, 3.63) is 52.0 Å². The molecule has 1 fully saturated rings. The van der Waals surface area contributed by atoms with E-state index in [1.165, 1.54) is 22.7 Å². The van der Waals surface area contributed by atoms with Crippen molar-refractivity contribution in [2.75, 3.05) is 6.54 Å². The minimum Gasteiger partial charge on any atom is -0.384 e. The van der Waals surface area contributed by atoms with Crippen molar-refractivity contribution in [2.45, 2.75) is 37.8 Å². The average Bonchev–Trinajstić information content (AvgIpc) is 3.20. The fourth-order valence-corrected chi connectivity index (χ4v) is 3.31. The van der Waals surface area contributed by atoms with Crippen LogP contribution in [0.5, 0.6) is 0 Å². The first-order chi connectivity index (χ1) is 9.65. The number of benzene rings is 1. The summed E-state index contributed by atoms with van der Waals surface area (Å²) in [6.45, 7) is 3.15. The Morgan fingerprint density at radius 2 is 2.10 bits per heavy atom. The van der Waals surface area contributed by atoms with E-state index in [0.717, 1.165) is 18.0 Å². The third-order valence-corrected chi connectivity index (χ3v) is 4.82. The highest BCUT2D eigenvalue weighted by atomic mass is 32.1. The molecule has 106 valence electrons. The number of hydrogen-bond donors (Lipinski definition) is 2. The van der Waals surface area contributed by atoms with Crippen LogP contribution in [0.15, 0.2) is 36.5 Å². The van der Waals surface area contributed by atoms with E-state index in [0.29, 0.717) is 6.54 Å². The molecule has 1 aromatic heterocycles. The molecule has 0 saturated heterocycles.